The van der Waals surface area contributed by atoms with E-state index in [1.54, 1.807) is 30.1 Å². The van der Waals surface area contributed by atoms with Gasteiger partial charge in [0, 0.05) is 17.9 Å². The first kappa shape index (κ1) is 17.8. The maximum Gasteiger partial charge on any atom is 0.337 e. The lowest BCUT2D eigenvalue weighted by molar-refractivity contribution is -0.116. The van der Waals surface area contributed by atoms with Crippen molar-refractivity contribution in [3.05, 3.63) is 71.4 Å². The van der Waals surface area contributed by atoms with Gasteiger partial charge in [0.15, 0.2) is 0 Å². The SMILES string of the molecule is COC(=O)c1ccc([C@@H]2CC(=O)Nc3c2cnn3-c2ccc(OC)cc2)cc1. The summed E-state index contributed by atoms with van der Waals surface area (Å²) in [6.07, 6.45) is 2.09. The Morgan fingerprint density at radius 2 is 1.82 bits per heavy atom. The average molecular weight is 377 g/mol. The van der Waals surface area contributed by atoms with E-state index in [9.17, 15) is 9.59 Å². The van der Waals surface area contributed by atoms with E-state index in [2.05, 4.69) is 10.4 Å². The van der Waals surface area contributed by atoms with Gasteiger partial charge in [-0.05, 0) is 42.0 Å². The highest BCUT2D eigenvalue weighted by molar-refractivity contribution is 5.95. The van der Waals surface area contributed by atoms with Gasteiger partial charge < -0.3 is 14.8 Å². The number of hydrogen-bond acceptors (Lipinski definition) is 5. The molecule has 0 saturated heterocycles. The number of carbonyl (C=O) groups is 2. The van der Waals surface area contributed by atoms with Crippen LogP contribution in [-0.4, -0.2) is 35.9 Å². The molecule has 0 aliphatic carbocycles. The molecule has 1 aromatic heterocycles. The normalized spacial score (nSPS) is 15.5. The van der Waals surface area contributed by atoms with Gasteiger partial charge in [-0.2, -0.15) is 5.10 Å². The van der Waals surface area contributed by atoms with E-state index in [0.29, 0.717) is 17.8 Å². The number of aromatic nitrogens is 2. The fraction of sp³-hybridized carbons (Fsp3) is 0.190. The molecule has 2 heterocycles. The summed E-state index contributed by atoms with van der Waals surface area (Å²) < 4.78 is 11.6. The van der Waals surface area contributed by atoms with Crippen molar-refractivity contribution in [3.63, 3.8) is 0 Å². The van der Waals surface area contributed by atoms with Crippen molar-refractivity contribution in [2.45, 2.75) is 12.3 Å². The Balaban J connectivity index is 1.71. The first-order valence-corrected chi connectivity index (χ1v) is 8.81. The van der Waals surface area contributed by atoms with E-state index in [4.69, 9.17) is 9.47 Å². The largest absolute Gasteiger partial charge is 0.497 e. The van der Waals surface area contributed by atoms with Crippen molar-refractivity contribution in [1.82, 2.24) is 9.78 Å². The molecule has 7 heteroatoms. The van der Waals surface area contributed by atoms with Crippen LogP contribution in [0.1, 0.15) is 33.8 Å². The lowest BCUT2D eigenvalue weighted by Gasteiger charge is -2.24. The molecule has 4 rings (SSSR count). The standard InChI is InChI=1S/C21H19N3O4/c1-27-16-9-7-15(8-10-16)24-20-18(12-22-24)17(11-19(25)23-20)13-3-5-14(6-4-13)21(26)28-2/h3-10,12,17H,11H2,1-2H3,(H,23,25)/t17-/m0/s1. The second-order valence-corrected chi connectivity index (χ2v) is 6.48. The van der Waals surface area contributed by atoms with Crippen LogP contribution in [0.2, 0.25) is 0 Å². The monoisotopic (exact) mass is 377 g/mol. The second-order valence-electron chi connectivity index (χ2n) is 6.48. The number of methoxy groups -OCH3 is 2. The zero-order chi connectivity index (χ0) is 19.7. The summed E-state index contributed by atoms with van der Waals surface area (Å²) >= 11 is 0. The van der Waals surface area contributed by atoms with E-state index in [1.807, 2.05) is 36.4 Å². The first-order valence-electron chi connectivity index (χ1n) is 8.81. The minimum atomic E-state index is -0.388. The molecule has 0 bridgehead atoms. The zero-order valence-electron chi connectivity index (χ0n) is 15.5. The predicted molar refractivity (Wildman–Crippen MR) is 103 cm³/mol. The van der Waals surface area contributed by atoms with Gasteiger partial charge in [0.25, 0.3) is 0 Å². The molecule has 3 aromatic rings. The van der Waals surface area contributed by atoms with Crippen molar-refractivity contribution in [2.24, 2.45) is 0 Å². The molecular formula is C21H19N3O4. The molecule has 2 aromatic carbocycles. The van der Waals surface area contributed by atoms with Gasteiger partial charge in [-0.1, -0.05) is 12.1 Å². The van der Waals surface area contributed by atoms with E-state index >= 15 is 0 Å². The summed E-state index contributed by atoms with van der Waals surface area (Å²) in [5.74, 6) is 0.800. The Kier molecular flexibility index (Phi) is 4.57. The Labute approximate surface area is 161 Å². The highest BCUT2D eigenvalue weighted by atomic mass is 16.5. The maximum atomic E-state index is 12.4. The number of hydrogen-bond donors (Lipinski definition) is 1. The smallest absolute Gasteiger partial charge is 0.337 e. The van der Waals surface area contributed by atoms with E-state index in [1.165, 1.54) is 7.11 Å². The van der Waals surface area contributed by atoms with Crippen molar-refractivity contribution >= 4 is 17.7 Å². The lowest BCUT2D eigenvalue weighted by Crippen LogP contribution is -2.24. The minimum Gasteiger partial charge on any atom is -0.497 e. The van der Waals surface area contributed by atoms with Gasteiger partial charge in [0.1, 0.15) is 11.6 Å². The Bertz CT molecular complexity index is 1020. The number of amides is 1. The number of nitrogens with one attached hydrogen (secondary N) is 1. The van der Waals surface area contributed by atoms with Crippen LogP contribution >= 0.6 is 0 Å². The molecule has 1 amide bonds. The fourth-order valence-corrected chi connectivity index (χ4v) is 3.41. The zero-order valence-corrected chi connectivity index (χ0v) is 15.5. The van der Waals surface area contributed by atoms with Crippen molar-refractivity contribution in [1.29, 1.82) is 0 Å². The molecule has 1 N–H and O–H groups in total. The van der Waals surface area contributed by atoms with Crippen LogP contribution in [0.4, 0.5) is 5.82 Å². The molecule has 1 atom stereocenters. The van der Waals surface area contributed by atoms with Gasteiger partial charge >= 0.3 is 5.97 Å². The number of ether oxygens (including phenoxy) is 2. The van der Waals surface area contributed by atoms with Crippen molar-refractivity contribution in [2.75, 3.05) is 19.5 Å². The summed E-state index contributed by atoms with van der Waals surface area (Å²) in [5.41, 5.74) is 3.17. The number of fused-ring (bicyclic) bond motifs is 1. The fourth-order valence-electron chi connectivity index (χ4n) is 3.41. The Hall–Kier alpha value is -3.61. The average Bonchev–Trinajstić information content (AvgIpc) is 3.16. The summed E-state index contributed by atoms with van der Waals surface area (Å²) in [6, 6.07) is 14.6. The third-order valence-corrected chi connectivity index (χ3v) is 4.87. The molecule has 7 nitrogen and oxygen atoms in total. The molecule has 0 fully saturated rings. The molecular weight excluding hydrogens is 358 g/mol. The van der Waals surface area contributed by atoms with Crippen LogP contribution in [-0.2, 0) is 9.53 Å². The van der Waals surface area contributed by atoms with E-state index in [-0.39, 0.29) is 17.8 Å². The molecule has 28 heavy (non-hydrogen) atoms. The maximum absolute atomic E-state index is 12.4. The third kappa shape index (κ3) is 3.11. The highest BCUT2D eigenvalue weighted by Crippen LogP contribution is 2.38. The second kappa shape index (κ2) is 7.19. The van der Waals surface area contributed by atoms with Crippen molar-refractivity contribution in [3.8, 4) is 11.4 Å². The van der Waals surface area contributed by atoms with Crippen molar-refractivity contribution < 1.29 is 19.1 Å². The number of carbonyl (C=O) groups excluding carboxylic acids is 2. The number of benzene rings is 2. The summed E-state index contributed by atoms with van der Waals surface area (Å²) in [7, 11) is 2.96. The van der Waals surface area contributed by atoms with Gasteiger partial charge in [0.2, 0.25) is 5.91 Å². The van der Waals surface area contributed by atoms with Gasteiger partial charge in [0.05, 0.1) is 31.7 Å². The lowest BCUT2D eigenvalue weighted by atomic mass is 9.87. The molecule has 0 saturated carbocycles. The highest BCUT2D eigenvalue weighted by Gasteiger charge is 2.30. The molecule has 0 radical (unpaired) electrons. The van der Waals surface area contributed by atoms with Gasteiger partial charge in [-0.15, -0.1) is 0 Å². The van der Waals surface area contributed by atoms with Crippen LogP contribution in [0.5, 0.6) is 5.75 Å². The quantitative estimate of drug-likeness (QED) is 0.707. The molecule has 1 aliphatic rings. The van der Waals surface area contributed by atoms with Crippen LogP contribution in [0.25, 0.3) is 5.69 Å². The molecule has 0 unspecified atom stereocenters. The predicted octanol–water partition coefficient (Wildman–Crippen LogP) is 3.14. The Morgan fingerprint density at radius 3 is 2.46 bits per heavy atom. The minimum absolute atomic E-state index is 0.0789. The third-order valence-electron chi connectivity index (χ3n) is 4.87. The van der Waals surface area contributed by atoms with Gasteiger partial charge in [-0.25, -0.2) is 9.48 Å². The van der Waals surface area contributed by atoms with E-state index < -0.39 is 0 Å². The van der Waals surface area contributed by atoms with E-state index in [0.717, 1.165) is 22.6 Å². The van der Waals surface area contributed by atoms with Crippen LogP contribution in [0, 0.1) is 0 Å². The van der Waals surface area contributed by atoms with Gasteiger partial charge in [-0.3, -0.25) is 4.79 Å². The molecule has 1 aliphatic heterocycles. The summed E-state index contributed by atoms with van der Waals surface area (Å²) in [6.45, 7) is 0. The van der Waals surface area contributed by atoms with Crippen LogP contribution in [0.3, 0.4) is 0 Å². The van der Waals surface area contributed by atoms with Crippen LogP contribution < -0.4 is 10.1 Å². The summed E-state index contributed by atoms with van der Waals surface area (Å²) in [4.78, 5) is 24.0. The number of rotatable bonds is 4. The summed E-state index contributed by atoms with van der Waals surface area (Å²) in [5, 5.41) is 7.41. The number of esters is 1. The molecule has 0 spiro atoms. The number of anilines is 1. The topological polar surface area (TPSA) is 82.5 Å². The first-order chi connectivity index (χ1) is 13.6. The van der Waals surface area contributed by atoms with Crippen LogP contribution in [0.15, 0.2) is 54.7 Å². The Morgan fingerprint density at radius 1 is 1.11 bits per heavy atom. The molecule has 142 valence electrons. The number of nitrogens with zero attached hydrogens (tertiary/aromatic N) is 2.